The number of carbonyl (C=O) groups excluding carboxylic acids is 2. The van der Waals surface area contributed by atoms with Gasteiger partial charge < -0.3 is 9.64 Å². The molecule has 0 fully saturated rings. The Balaban J connectivity index is 2.62. The van der Waals surface area contributed by atoms with E-state index in [1.165, 1.54) is 29.4 Å². The molecule has 0 saturated heterocycles. The average molecular weight is 288 g/mol. The number of carbonyl (C=O) groups is 2. The predicted molar refractivity (Wildman–Crippen MR) is 72.6 cm³/mol. The molecule has 0 aliphatic carbocycles. The van der Waals surface area contributed by atoms with Gasteiger partial charge in [0.1, 0.15) is 6.54 Å². The first-order valence-corrected chi connectivity index (χ1v) is 6.55. The number of methoxy groups -OCH3 is 1. The summed E-state index contributed by atoms with van der Waals surface area (Å²) in [6, 6.07) is 3.59. The summed E-state index contributed by atoms with van der Waals surface area (Å²) in [5, 5.41) is 0. The van der Waals surface area contributed by atoms with Gasteiger partial charge in [0.15, 0.2) is 0 Å². The number of nitrogens with zero attached hydrogens (tertiary/aromatic N) is 1. The monoisotopic (exact) mass is 287 g/mol. The van der Waals surface area contributed by atoms with Crippen LogP contribution in [0.3, 0.4) is 0 Å². The number of ether oxygens (including phenoxy) is 1. The molecule has 18 heavy (non-hydrogen) atoms. The Bertz CT molecular complexity index is 456. The molecule has 0 radical (unpaired) electrons. The van der Waals surface area contributed by atoms with Gasteiger partial charge in [0.2, 0.25) is 5.91 Å². The van der Waals surface area contributed by atoms with Gasteiger partial charge in [-0.15, -0.1) is 11.3 Å². The molecule has 0 aliphatic heterocycles. The molecular weight excluding hydrogens is 274 g/mol. The first-order chi connectivity index (χ1) is 8.56. The fourth-order valence-electron chi connectivity index (χ4n) is 1.24. The molecule has 0 aliphatic rings. The lowest BCUT2D eigenvalue weighted by molar-refractivity contribution is -0.145. The van der Waals surface area contributed by atoms with Crippen LogP contribution in [-0.2, 0) is 14.3 Å². The summed E-state index contributed by atoms with van der Waals surface area (Å²) in [6.07, 6.45) is 3.10. The maximum atomic E-state index is 11.8. The van der Waals surface area contributed by atoms with E-state index in [1.54, 1.807) is 19.1 Å². The molecule has 6 heteroatoms. The summed E-state index contributed by atoms with van der Waals surface area (Å²) in [5.41, 5.74) is 0. The number of halogens is 1. The first kappa shape index (κ1) is 14.7. The molecule has 0 saturated carbocycles. The summed E-state index contributed by atoms with van der Waals surface area (Å²) in [4.78, 5) is 25.2. The predicted octanol–water partition coefficient (Wildman–Crippen LogP) is 2.44. The topological polar surface area (TPSA) is 46.6 Å². The molecule has 0 bridgehead atoms. The zero-order valence-electron chi connectivity index (χ0n) is 10.2. The fourth-order valence-corrected chi connectivity index (χ4v) is 2.21. The maximum absolute atomic E-state index is 11.8. The van der Waals surface area contributed by atoms with Gasteiger partial charge in [0.05, 0.1) is 11.4 Å². The molecular formula is C12H14ClNO3S. The van der Waals surface area contributed by atoms with Crippen molar-refractivity contribution in [3.8, 4) is 0 Å². The number of thiophene rings is 1. The Morgan fingerprint density at radius 1 is 1.50 bits per heavy atom. The lowest BCUT2D eigenvalue weighted by Gasteiger charge is -2.17. The van der Waals surface area contributed by atoms with Crippen LogP contribution in [0.15, 0.2) is 18.2 Å². The smallest absolute Gasteiger partial charge is 0.325 e. The maximum Gasteiger partial charge on any atom is 0.325 e. The molecule has 1 amide bonds. The van der Waals surface area contributed by atoms with Gasteiger partial charge in [-0.2, -0.15) is 0 Å². The highest BCUT2D eigenvalue weighted by molar-refractivity contribution is 7.17. The lowest BCUT2D eigenvalue weighted by atomic mass is 10.3. The van der Waals surface area contributed by atoms with Crippen molar-refractivity contribution in [1.82, 2.24) is 4.90 Å². The normalized spacial score (nSPS) is 10.6. The van der Waals surface area contributed by atoms with Gasteiger partial charge in [0.25, 0.3) is 0 Å². The second-order valence-corrected chi connectivity index (χ2v) is 5.15. The van der Waals surface area contributed by atoms with E-state index >= 15 is 0 Å². The van der Waals surface area contributed by atoms with E-state index in [0.717, 1.165) is 4.88 Å². The average Bonchev–Trinajstić information content (AvgIpc) is 2.78. The van der Waals surface area contributed by atoms with Gasteiger partial charge >= 0.3 is 5.97 Å². The Labute approximate surface area is 115 Å². The molecule has 1 heterocycles. The van der Waals surface area contributed by atoms with Crippen molar-refractivity contribution >= 4 is 40.9 Å². The zero-order valence-corrected chi connectivity index (χ0v) is 11.8. The third kappa shape index (κ3) is 4.50. The summed E-state index contributed by atoms with van der Waals surface area (Å²) in [7, 11) is 1.30. The largest absolute Gasteiger partial charge is 0.468 e. The number of rotatable bonds is 5. The van der Waals surface area contributed by atoms with Crippen LogP contribution in [0.4, 0.5) is 0 Å². The van der Waals surface area contributed by atoms with Gasteiger partial charge in [-0.25, -0.2) is 0 Å². The third-order valence-electron chi connectivity index (χ3n) is 2.23. The standard InChI is InChI=1S/C12H14ClNO3S/c1-3-14(8-12(16)17-2)11(15)7-5-9-4-6-10(13)18-9/h4-7H,3,8H2,1-2H3. The molecule has 1 aromatic rings. The Kier molecular flexibility index (Phi) is 5.88. The molecule has 1 rings (SSSR count). The highest BCUT2D eigenvalue weighted by Gasteiger charge is 2.13. The van der Waals surface area contributed by atoms with Gasteiger partial charge in [-0.1, -0.05) is 11.6 Å². The van der Waals surface area contributed by atoms with Gasteiger partial charge in [-0.05, 0) is 25.1 Å². The van der Waals surface area contributed by atoms with Crippen molar-refractivity contribution in [1.29, 1.82) is 0 Å². The number of hydrogen-bond donors (Lipinski definition) is 0. The quantitative estimate of drug-likeness (QED) is 0.617. The molecule has 0 spiro atoms. The first-order valence-electron chi connectivity index (χ1n) is 5.36. The summed E-state index contributed by atoms with van der Waals surface area (Å²) < 4.78 is 5.20. The van der Waals surface area contributed by atoms with Crippen molar-refractivity contribution in [2.45, 2.75) is 6.92 Å². The van der Waals surface area contributed by atoms with E-state index < -0.39 is 5.97 Å². The summed E-state index contributed by atoms with van der Waals surface area (Å²) >= 11 is 7.16. The van der Waals surface area contributed by atoms with Crippen LogP contribution in [0.5, 0.6) is 0 Å². The highest BCUT2D eigenvalue weighted by Crippen LogP contribution is 2.22. The summed E-state index contributed by atoms with van der Waals surface area (Å²) in [6.45, 7) is 2.21. The van der Waals surface area contributed by atoms with Crippen LogP contribution in [0.25, 0.3) is 6.08 Å². The van der Waals surface area contributed by atoms with Crippen LogP contribution >= 0.6 is 22.9 Å². The second kappa shape index (κ2) is 7.18. The Morgan fingerprint density at radius 3 is 2.72 bits per heavy atom. The minimum absolute atomic E-state index is 0.0403. The van der Waals surface area contributed by atoms with E-state index in [1.807, 2.05) is 6.07 Å². The molecule has 0 N–H and O–H groups in total. The highest BCUT2D eigenvalue weighted by atomic mass is 35.5. The third-order valence-corrected chi connectivity index (χ3v) is 3.42. The minimum atomic E-state index is -0.433. The van der Waals surface area contributed by atoms with Crippen molar-refractivity contribution in [2.75, 3.05) is 20.2 Å². The van der Waals surface area contributed by atoms with Crippen molar-refractivity contribution in [3.05, 3.63) is 27.4 Å². The van der Waals surface area contributed by atoms with E-state index in [0.29, 0.717) is 10.9 Å². The Morgan fingerprint density at radius 2 is 2.22 bits per heavy atom. The van der Waals surface area contributed by atoms with E-state index in [2.05, 4.69) is 4.74 Å². The lowest BCUT2D eigenvalue weighted by Crippen LogP contribution is -2.34. The van der Waals surface area contributed by atoms with Gasteiger partial charge in [0, 0.05) is 17.5 Å². The molecule has 4 nitrogen and oxygen atoms in total. The molecule has 0 aromatic carbocycles. The number of likely N-dealkylation sites (N-methyl/N-ethyl adjacent to an activating group) is 1. The van der Waals surface area contributed by atoms with Crippen molar-refractivity contribution in [3.63, 3.8) is 0 Å². The molecule has 98 valence electrons. The fraction of sp³-hybridized carbons (Fsp3) is 0.333. The summed E-state index contributed by atoms with van der Waals surface area (Å²) in [5.74, 6) is -0.662. The van der Waals surface area contributed by atoms with Crippen LogP contribution in [0, 0.1) is 0 Å². The van der Waals surface area contributed by atoms with Crippen LogP contribution in [0.2, 0.25) is 4.34 Å². The number of esters is 1. The van der Waals surface area contributed by atoms with Crippen molar-refractivity contribution < 1.29 is 14.3 Å². The van der Waals surface area contributed by atoms with Crippen molar-refractivity contribution in [2.24, 2.45) is 0 Å². The van der Waals surface area contributed by atoms with Crippen LogP contribution in [0.1, 0.15) is 11.8 Å². The SMILES string of the molecule is CCN(CC(=O)OC)C(=O)C=Cc1ccc(Cl)s1. The molecule has 0 unspecified atom stereocenters. The van der Waals surface area contributed by atoms with Crippen LogP contribution in [-0.4, -0.2) is 37.0 Å². The zero-order chi connectivity index (χ0) is 13.5. The van der Waals surface area contributed by atoms with E-state index in [4.69, 9.17) is 11.6 Å². The van der Waals surface area contributed by atoms with Crippen LogP contribution < -0.4 is 0 Å². The molecule has 0 atom stereocenters. The number of amides is 1. The number of hydrogen-bond acceptors (Lipinski definition) is 4. The van der Waals surface area contributed by atoms with Gasteiger partial charge in [-0.3, -0.25) is 9.59 Å². The molecule has 1 aromatic heterocycles. The minimum Gasteiger partial charge on any atom is -0.468 e. The van der Waals surface area contributed by atoms with E-state index in [-0.39, 0.29) is 12.5 Å². The van der Waals surface area contributed by atoms with E-state index in [9.17, 15) is 9.59 Å². The Hall–Kier alpha value is -1.33. The second-order valence-electron chi connectivity index (χ2n) is 3.40.